The zero-order valence-electron chi connectivity index (χ0n) is 19.5. The van der Waals surface area contributed by atoms with Crippen LogP contribution in [0.25, 0.3) is 0 Å². The second-order valence-corrected chi connectivity index (χ2v) is 10.4. The van der Waals surface area contributed by atoms with Gasteiger partial charge < -0.3 is 15.8 Å². The number of para-hydroxylation sites is 1. The fraction of sp³-hybridized carbons (Fsp3) is 0.292. The van der Waals surface area contributed by atoms with Crippen molar-refractivity contribution in [1.29, 1.82) is 0 Å². The van der Waals surface area contributed by atoms with Crippen molar-refractivity contribution in [3.8, 4) is 5.75 Å². The van der Waals surface area contributed by atoms with Gasteiger partial charge >= 0.3 is 0 Å². The van der Waals surface area contributed by atoms with E-state index in [-0.39, 0.29) is 47.4 Å². The number of nitrogens with zero attached hydrogens (tertiary/aromatic N) is 2. The Hall–Kier alpha value is -3.21. The van der Waals surface area contributed by atoms with E-state index in [2.05, 4.69) is 10.4 Å². The number of halogens is 1. The van der Waals surface area contributed by atoms with Crippen molar-refractivity contribution in [1.82, 2.24) is 15.1 Å². The molecule has 0 saturated heterocycles. The van der Waals surface area contributed by atoms with Gasteiger partial charge in [0.2, 0.25) is 5.91 Å². The molecule has 0 aliphatic carbocycles. The van der Waals surface area contributed by atoms with Crippen LogP contribution in [0, 0.1) is 6.92 Å². The Morgan fingerprint density at radius 1 is 1.20 bits per heavy atom. The molecule has 0 spiro atoms. The van der Waals surface area contributed by atoms with Crippen LogP contribution in [0.5, 0.6) is 5.75 Å². The molecule has 0 bridgehead atoms. The van der Waals surface area contributed by atoms with Gasteiger partial charge in [-0.15, -0.1) is 0 Å². The van der Waals surface area contributed by atoms with Crippen LogP contribution in [0.3, 0.4) is 0 Å². The van der Waals surface area contributed by atoms with Crippen molar-refractivity contribution >= 4 is 27.3 Å². The number of methoxy groups -OCH3 is 1. The molecule has 0 saturated carbocycles. The van der Waals surface area contributed by atoms with Crippen molar-refractivity contribution < 1.29 is 17.9 Å². The molecule has 0 aliphatic heterocycles. The van der Waals surface area contributed by atoms with E-state index in [9.17, 15) is 18.0 Å². The molecule has 11 heteroatoms. The van der Waals surface area contributed by atoms with Crippen molar-refractivity contribution in [2.24, 2.45) is 5.73 Å². The van der Waals surface area contributed by atoms with Crippen LogP contribution >= 0.6 is 11.6 Å². The predicted molar refractivity (Wildman–Crippen MR) is 133 cm³/mol. The normalized spacial score (nSPS) is 11.3. The number of nitrogens with two attached hydrogens (primary N) is 1. The lowest BCUT2D eigenvalue weighted by atomic mass is 10.1. The van der Waals surface area contributed by atoms with Crippen LogP contribution < -0.4 is 21.3 Å². The van der Waals surface area contributed by atoms with Gasteiger partial charge in [-0.05, 0) is 47.9 Å². The first-order valence-electron chi connectivity index (χ1n) is 10.8. The minimum atomic E-state index is -3.74. The lowest BCUT2D eigenvalue weighted by Crippen LogP contribution is -2.33. The molecule has 0 radical (unpaired) electrons. The summed E-state index contributed by atoms with van der Waals surface area (Å²) in [7, 11) is -2.35. The fourth-order valence-electron chi connectivity index (χ4n) is 3.55. The third-order valence-electron chi connectivity index (χ3n) is 5.54. The van der Waals surface area contributed by atoms with E-state index in [0.717, 1.165) is 15.8 Å². The average molecular weight is 519 g/mol. The first-order valence-corrected chi connectivity index (χ1v) is 12.8. The third-order valence-corrected chi connectivity index (χ3v) is 7.50. The minimum Gasteiger partial charge on any atom is -0.495 e. The van der Waals surface area contributed by atoms with E-state index < -0.39 is 15.4 Å². The van der Waals surface area contributed by atoms with Gasteiger partial charge in [-0.3, -0.25) is 9.59 Å². The number of ether oxygens (including phenoxy) is 1. The van der Waals surface area contributed by atoms with Crippen LogP contribution in [0.1, 0.15) is 22.3 Å². The summed E-state index contributed by atoms with van der Waals surface area (Å²) in [5, 5.41) is 7.37. The number of nitrogens with one attached hydrogen (secondary N) is 1. The predicted octanol–water partition coefficient (Wildman–Crippen LogP) is 2.01. The fourth-order valence-corrected chi connectivity index (χ4v) is 5.12. The lowest BCUT2D eigenvalue weighted by molar-refractivity contribution is -0.120. The molecule has 1 heterocycles. The maximum atomic E-state index is 13.0. The van der Waals surface area contributed by atoms with Crippen LogP contribution in [0.2, 0.25) is 5.02 Å². The Labute approximate surface area is 208 Å². The molecule has 3 rings (SSSR count). The van der Waals surface area contributed by atoms with Gasteiger partial charge in [-0.25, -0.2) is 13.1 Å². The van der Waals surface area contributed by atoms with Gasteiger partial charge in [0.05, 0.1) is 32.0 Å². The van der Waals surface area contributed by atoms with Gasteiger partial charge in [0.25, 0.3) is 5.56 Å². The van der Waals surface area contributed by atoms with Crippen LogP contribution in [0.4, 0.5) is 0 Å². The molecule has 1 aromatic heterocycles. The largest absolute Gasteiger partial charge is 0.495 e. The standard InChI is InChI=1S/C24H27ClN4O5S/c1-16-14-28-29(9-10-35(32,33)22-6-4-3-5-21(22)34-2)24(31)20(16)12-23(30)27-15-18-11-19(25)8-7-17(18)13-26/h3-8,11,14H,9-10,12-13,15,26H2,1-2H3,(H,27,30). The molecule has 0 fully saturated rings. The van der Waals surface area contributed by atoms with Gasteiger partial charge in [0, 0.05) is 23.7 Å². The summed E-state index contributed by atoms with van der Waals surface area (Å²) in [6.07, 6.45) is 1.27. The molecule has 0 unspecified atom stereocenters. The zero-order valence-corrected chi connectivity index (χ0v) is 21.0. The molecule has 9 nitrogen and oxygen atoms in total. The Balaban J connectivity index is 1.72. The summed E-state index contributed by atoms with van der Waals surface area (Å²) in [4.78, 5) is 25.6. The van der Waals surface area contributed by atoms with Gasteiger partial charge in [-0.1, -0.05) is 29.8 Å². The maximum absolute atomic E-state index is 13.0. The number of amides is 1. The lowest BCUT2D eigenvalue weighted by Gasteiger charge is -2.13. The Morgan fingerprint density at radius 2 is 1.94 bits per heavy atom. The molecule has 0 atom stereocenters. The summed E-state index contributed by atoms with van der Waals surface area (Å²) in [5.74, 6) is -0.495. The van der Waals surface area contributed by atoms with E-state index in [4.69, 9.17) is 22.1 Å². The van der Waals surface area contributed by atoms with Crippen molar-refractivity contribution in [2.75, 3.05) is 12.9 Å². The molecular weight excluding hydrogens is 492 g/mol. The molecule has 186 valence electrons. The number of hydrogen-bond acceptors (Lipinski definition) is 7. The first kappa shape index (κ1) is 26.4. The van der Waals surface area contributed by atoms with Crippen molar-refractivity contribution in [2.45, 2.75) is 37.9 Å². The molecule has 3 aromatic rings. The highest BCUT2D eigenvalue weighted by Gasteiger charge is 2.21. The number of carbonyl (C=O) groups is 1. The number of aryl methyl sites for hydroxylation is 2. The summed E-state index contributed by atoms with van der Waals surface area (Å²) in [5.41, 5.74) is 7.66. The number of carbonyl (C=O) groups excluding carboxylic acids is 1. The van der Waals surface area contributed by atoms with E-state index >= 15 is 0 Å². The van der Waals surface area contributed by atoms with Crippen LogP contribution in [-0.4, -0.2) is 37.0 Å². The number of sulfone groups is 1. The second kappa shape index (κ2) is 11.5. The molecule has 3 N–H and O–H groups in total. The zero-order chi connectivity index (χ0) is 25.6. The van der Waals surface area contributed by atoms with Crippen molar-refractivity contribution in [3.05, 3.63) is 86.3 Å². The summed E-state index contributed by atoms with van der Waals surface area (Å²) in [6, 6.07) is 11.5. The second-order valence-electron chi connectivity index (χ2n) is 7.87. The Morgan fingerprint density at radius 3 is 2.66 bits per heavy atom. The average Bonchev–Trinajstić information content (AvgIpc) is 2.84. The molecule has 0 aliphatic rings. The SMILES string of the molecule is COc1ccccc1S(=O)(=O)CCn1ncc(C)c(CC(=O)NCc2cc(Cl)ccc2CN)c1=O. The van der Waals surface area contributed by atoms with Gasteiger partial charge in [0.15, 0.2) is 9.84 Å². The first-order chi connectivity index (χ1) is 16.7. The van der Waals surface area contributed by atoms with E-state index in [1.165, 1.54) is 19.4 Å². The molecule has 1 amide bonds. The van der Waals surface area contributed by atoms with E-state index in [1.807, 2.05) is 0 Å². The highest BCUT2D eigenvalue weighted by molar-refractivity contribution is 7.91. The van der Waals surface area contributed by atoms with Crippen LogP contribution in [-0.2, 0) is 40.7 Å². The Bertz CT molecular complexity index is 1390. The summed E-state index contributed by atoms with van der Waals surface area (Å²) in [6.45, 7) is 2.02. The monoisotopic (exact) mass is 518 g/mol. The van der Waals surface area contributed by atoms with Gasteiger partial charge in [-0.2, -0.15) is 5.10 Å². The number of benzene rings is 2. The summed E-state index contributed by atoms with van der Waals surface area (Å²) >= 11 is 6.04. The van der Waals surface area contributed by atoms with Crippen LogP contribution in [0.15, 0.2) is 58.4 Å². The molecule has 35 heavy (non-hydrogen) atoms. The topological polar surface area (TPSA) is 133 Å². The molecule has 2 aromatic carbocycles. The smallest absolute Gasteiger partial charge is 0.270 e. The van der Waals surface area contributed by atoms with Gasteiger partial charge in [0.1, 0.15) is 10.6 Å². The molecular formula is C24H27ClN4O5S. The third kappa shape index (κ3) is 6.47. The van der Waals surface area contributed by atoms with E-state index in [1.54, 1.807) is 43.3 Å². The van der Waals surface area contributed by atoms with E-state index in [0.29, 0.717) is 17.1 Å². The minimum absolute atomic E-state index is 0.0418. The quantitative estimate of drug-likeness (QED) is 0.419. The van der Waals surface area contributed by atoms with Crippen molar-refractivity contribution in [3.63, 3.8) is 0 Å². The highest BCUT2D eigenvalue weighted by atomic mass is 35.5. The number of rotatable bonds is 10. The number of hydrogen-bond donors (Lipinski definition) is 2. The number of aromatic nitrogens is 2. The highest BCUT2D eigenvalue weighted by Crippen LogP contribution is 2.24. The Kier molecular flexibility index (Phi) is 8.66. The maximum Gasteiger partial charge on any atom is 0.270 e. The summed E-state index contributed by atoms with van der Waals surface area (Å²) < 4.78 is 31.8.